The van der Waals surface area contributed by atoms with Gasteiger partial charge < -0.3 is 10.2 Å². The third-order valence-electron chi connectivity index (χ3n) is 4.93. The molecule has 0 saturated carbocycles. The Kier molecular flexibility index (Phi) is 9.24. The lowest BCUT2D eigenvalue weighted by Gasteiger charge is -2.23. The normalized spacial score (nSPS) is 11.5. The molecule has 1 aromatic heterocycles. The number of carbonyl (C=O) groups excluding carboxylic acids is 1. The van der Waals surface area contributed by atoms with Crippen molar-refractivity contribution in [2.24, 2.45) is 11.8 Å². The van der Waals surface area contributed by atoms with Crippen LogP contribution in [0.1, 0.15) is 39.7 Å². The number of quaternary nitrogens is 1. The molecule has 2 N–H and O–H groups in total. The fourth-order valence-electron chi connectivity index (χ4n) is 3.64. The first kappa shape index (κ1) is 23.8. The van der Waals surface area contributed by atoms with Gasteiger partial charge in [-0.3, -0.25) is 9.59 Å². The van der Waals surface area contributed by atoms with Crippen molar-refractivity contribution in [3.63, 3.8) is 0 Å². The molecule has 0 fully saturated rings. The van der Waals surface area contributed by atoms with E-state index < -0.39 is 0 Å². The van der Waals surface area contributed by atoms with Crippen LogP contribution in [0.2, 0.25) is 0 Å². The molecule has 0 aliphatic carbocycles. The van der Waals surface area contributed by atoms with Crippen molar-refractivity contribution < 1.29 is 9.69 Å². The Labute approximate surface area is 180 Å². The lowest BCUT2D eigenvalue weighted by atomic mass is 10.1. The number of hydrogen-bond donors (Lipinski definition) is 2. The third kappa shape index (κ3) is 8.11. The maximum Gasteiger partial charge on any atom is 0.267 e. The Morgan fingerprint density at radius 3 is 2.27 bits per heavy atom. The molecule has 0 aliphatic rings. The van der Waals surface area contributed by atoms with E-state index in [1.807, 2.05) is 31.2 Å². The molecule has 0 atom stereocenters. The number of aromatic nitrogens is 2. The van der Waals surface area contributed by atoms with Gasteiger partial charge in [-0.2, -0.15) is 5.10 Å². The van der Waals surface area contributed by atoms with Gasteiger partial charge in [0.2, 0.25) is 5.91 Å². The Morgan fingerprint density at radius 1 is 1.03 bits per heavy atom. The van der Waals surface area contributed by atoms with Crippen LogP contribution in [0, 0.1) is 18.8 Å². The highest BCUT2D eigenvalue weighted by Crippen LogP contribution is 2.15. The molecule has 1 amide bonds. The molecule has 2 rings (SSSR count). The summed E-state index contributed by atoms with van der Waals surface area (Å²) in [5.74, 6) is 1.14. The number of carbonyl (C=O) groups is 1. The van der Waals surface area contributed by atoms with E-state index in [2.05, 4.69) is 38.1 Å². The highest BCUT2D eigenvalue weighted by molar-refractivity contribution is 5.75. The van der Waals surface area contributed by atoms with Crippen molar-refractivity contribution in [3.8, 4) is 11.3 Å². The van der Waals surface area contributed by atoms with Gasteiger partial charge in [0.25, 0.3) is 5.56 Å². The van der Waals surface area contributed by atoms with E-state index in [1.165, 1.54) is 10.7 Å². The summed E-state index contributed by atoms with van der Waals surface area (Å²) in [6.07, 6.45) is 0.923. The second-order valence-corrected chi connectivity index (χ2v) is 8.98. The number of nitrogens with one attached hydrogen (secondary N) is 2. The number of hydrogen-bond acceptors (Lipinski definition) is 3. The van der Waals surface area contributed by atoms with Gasteiger partial charge in [-0.15, -0.1) is 0 Å². The molecular weight excluding hydrogens is 376 g/mol. The van der Waals surface area contributed by atoms with Gasteiger partial charge in [-0.25, -0.2) is 4.68 Å². The zero-order chi connectivity index (χ0) is 22.1. The van der Waals surface area contributed by atoms with Gasteiger partial charge in [0.15, 0.2) is 0 Å². The zero-order valence-electron chi connectivity index (χ0n) is 19.1. The lowest BCUT2D eigenvalue weighted by molar-refractivity contribution is -0.906. The Morgan fingerprint density at radius 2 is 1.67 bits per heavy atom. The van der Waals surface area contributed by atoms with Crippen molar-refractivity contribution in [1.29, 1.82) is 0 Å². The molecule has 0 bridgehead atoms. The molecule has 164 valence electrons. The molecule has 0 radical (unpaired) electrons. The quantitative estimate of drug-likeness (QED) is 0.553. The van der Waals surface area contributed by atoms with Gasteiger partial charge in [-0.1, -0.05) is 57.5 Å². The second-order valence-electron chi connectivity index (χ2n) is 8.98. The van der Waals surface area contributed by atoms with Crippen LogP contribution in [0.15, 0.2) is 41.2 Å². The van der Waals surface area contributed by atoms with Crippen molar-refractivity contribution in [2.45, 2.75) is 47.6 Å². The van der Waals surface area contributed by atoms with Crippen LogP contribution in [-0.2, 0) is 11.3 Å². The largest absolute Gasteiger partial charge is 0.354 e. The standard InChI is InChI=1S/C24H36N4O2/c1-18(2)15-27(16-19(3)4)14-6-13-25-23(29)17-28-24(30)12-11-22(26-28)21-9-7-20(5)8-10-21/h7-12,18-19H,6,13-17H2,1-5H3,(H,25,29)/p+1. The summed E-state index contributed by atoms with van der Waals surface area (Å²) in [6, 6.07) is 11.1. The van der Waals surface area contributed by atoms with Crippen LogP contribution in [0.25, 0.3) is 11.3 Å². The highest BCUT2D eigenvalue weighted by atomic mass is 16.2. The Hall–Kier alpha value is -2.47. The summed E-state index contributed by atoms with van der Waals surface area (Å²) in [5.41, 5.74) is 2.50. The van der Waals surface area contributed by atoms with Gasteiger partial charge >= 0.3 is 0 Å². The molecule has 6 heteroatoms. The van der Waals surface area contributed by atoms with Gasteiger partial charge in [0.1, 0.15) is 6.54 Å². The summed E-state index contributed by atoms with van der Waals surface area (Å²) in [5, 5.41) is 7.31. The first-order chi connectivity index (χ1) is 14.2. The first-order valence-corrected chi connectivity index (χ1v) is 11.0. The van der Waals surface area contributed by atoms with Crippen LogP contribution < -0.4 is 15.8 Å². The first-order valence-electron chi connectivity index (χ1n) is 11.0. The van der Waals surface area contributed by atoms with E-state index in [9.17, 15) is 9.59 Å². The molecule has 0 unspecified atom stereocenters. The molecular formula is C24H37N4O2+. The van der Waals surface area contributed by atoms with Crippen LogP contribution in [-0.4, -0.2) is 41.9 Å². The number of nitrogens with zero attached hydrogens (tertiary/aromatic N) is 2. The smallest absolute Gasteiger partial charge is 0.267 e. The number of aryl methyl sites for hydroxylation is 1. The summed E-state index contributed by atoms with van der Waals surface area (Å²) < 4.78 is 1.24. The zero-order valence-corrected chi connectivity index (χ0v) is 19.1. The minimum absolute atomic E-state index is 0.0624. The summed E-state index contributed by atoms with van der Waals surface area (Å²) in [6.45, 7) is 14.9. The summed E-state index contributed by atoms with van der Waals surface area (Å²) in [7, 11) is 0. The average molecular weight is 414 g/mol. The fourth-order valence-corrected chi connectivity index (χ4v) is 3.64. The molecule has 0 saturated heterocycles. The third-order valence-corrected chi connectivity index (χ3v) is 4.93. The summed E-state index contributed by atoms with van der Waals surface area (Å²) >= 11 is 0. The summed E-state index contributed by atoms with van der Waals surface area (Å²) in [4.78, 5) is 26.1. The average Bonchev–Trinajstić information content (AvgIpc) is 2.66. The lowest BCUT2D eigenvalue weighted by Crippen LogP contribution is -3.13. The Balaban J connectivity index is 1.88. The van der Waals surface area contributed by atoms with Crippen LogP contribution in [0.5, 0.6) is 0 Å². The maximum absolute atomic E-state index is 12.3. The minimum atomic E-state index is -0.273. The van der Waals surface area contributed by atoms with Gasteiger partial charge in [-0.05, 0) is 13.0 Å². The van der Waals surface area contributed by atoms with E-state index in [0.29, 0.717) is 24.1 Å². The molecule has 30 heavy (non-hydrogen) atoms. The van der Waals surface area contributed by atoms with Crippen molar-refractivity contribution >= 4 is 5.91 Å². The predicted octanol–water partition coefficient (Wildman–Crippen LogP) is 1.92. The monoisotopic (exact) mass is 413 g/mol. The van der Waals surface area contributed by atoms with Crippen LogP contribution >= 0.6 is 0 Å². The molecule has 6 nitrogen and oxygen atoms in total. The van der Waals surface area contributed by atoms with Gasteiger partial charge in [0.05, 0.1) is 25.3 Å². The SMILES string of the molecule is Cc1ccc(-c2ccc(=O)n(CC(=O)NCCC[NH+](CC(C)C)CC(C)C)n2)cc1. The number of benzene rings is 1. The second kappa shape index (κ2) is 11.6. The van der Waals surface area contributed by atoms with E-state index >= 15 is 0 Å². The van der Waals surface area contributed by atoms with Crippen molar-refractivity contribution in [3.05, 3.63) is 52.3 Å². The van der Waals surface area contributed by atoms with E-state index in [-0.39, 0.29) is 18.0 Å². The molecule has 0 spiro atoms. The maximum atomic E-state index is 12.3. The molecule has 2 aromatic rings. The fraction of sp³-hybridized carbons (Fsp3) is 0.542. The molecule has 0 aliphatic heterocycles. The predicted molar refractivity (Wildman–Crippen MR) is 122 cm³/mol. The van der Waals surface area contributed by atoms with Crippen molar-refractivity contribution in [1.82, 2.24) is 15.1 Å². The van der Waals surface area contributed by atoms with E-state index in [1.54, 1.807) is 11.0 Å². The minimum Gasteiger partial charge on any atom is -0.354 e. The number of rotatable bonds is 11. The van der Waals surface area contributed by atoms with E-state index in [0.717, 1.165) is 37.2 Å². The van der Waals surface area contributed by atoms with Crippen LogP contribution in [0.3, 0.4) is 0 Å². The van der Waals surface area contributed by atoms with E-state index in [4.69, 9.17) is 0 Å². The molecule has 1 aromatic carbocycles. The van der Waals surface area contributed by atoms with Crippen molar-refractivity contribution in [2.75, 3.05) is 26.2 Å². The molecule has 1 heterocycles. The highest BCUT2D eigenvalue weighted by Gasteiger charge is 2.13. The Bertz CT molecular complexity index is 846. The number of amides is 1. The van der Waals surface area contributed by atoms with Gasteiger partial charge in [0, 0.05) is 36.4 Å². The topological polar surface area (TPSA) is 68.4 Å². The van der Waals surface area contributed by atoms with Crippen LogP contribution in [0.4, 0.5) is 0 Å².